The van der Waals surface area contributed by atoms with Crippen LogP contribution in [0, 0.1) is 11.8 Å². The first-order valence-electron chi connectivity index (χ1n) is 5.25. The molecule has 0 saturated carbocycles. The van der Waals surface area contributed by atoms with Gasteiger partial charge in [0.05, 0.1) is 6.54 Å². The normalized spacial score (nSPS) is 23.7. The lowest BCUT2D eigenvalue weighted by molar-refractivity contribution is 0.196. The van der Waals surface area contributed by atoms with Gasteiger partial charge in [-0.3, -0.25) is 4.90 Å². The van der Waals surface area contributed by atoms with Crippen LogP contribution in [0.1, 0.15) is 26.7 Å². The van der Waals surface area contributed by atoms with Crippen molar-refractivity contribution in [2.24, 2.45) is 0 Å². The average molecular weight is 180 g/mol. The second kappa shape index (κ2) is 6.01. The molecule has 2 heteroatoms. The summed E-state index contributed by atoms with van der Waals surface area (Å²) in [5, 5.41) is 3.38. The molecule has 0 aliphatic carbocycles. The Morgan fingerprint density at radius 2 is 2.31 bits per heavy atom. The van der Waals surface area contributed by atoms with Gasteiger partial charge in [-0.05, 0) is 13.3 Å². The molecule has 0 amide bonds. The van der Waals surface area contributed by atoms with Crippen LogP contribution in [-0.2, 0) is 0 Å². The summed E-state index contributed by atoms with van der Waals surface area (Å²) < 4.78 is 0. The fourth-order valence-electron chi connectivity index (χ4n) is 1.49. The maximum Gasteiger partial charge on any atom is 0.0604 e. The number of nitrogens with zero attached hydrogens (tertiary/aromatic N) is 1. The van der Waals surface area contributed by atoms with Gasteiger partial charge in [-0.15, -0.1) is 5.92 Å². The van der Waals surface area contributed by atoms with Crippen LogP contribution in [0.25, 0.3) is 0 Å². The Bertz CT molecular complexity index is 190. The first-order valence-corrected chi connectivity index (χ1v) is 5.25. The fraction of sp³-hybridized carbons (Fsp3) is 0.818. The van der Waals surface area contributed by atoms with Crippen molar-refractivity contribution in [2.45, 2.75) is 32.7 Å². The van der Waals surface area contributed by atoms with Crippen LogP contribution in [0.15, 0.2) is 0 Å². The summed E-state index contributed by atoms with van der Waals surface area (Å²) in [4.78, 5) is 2.44. The van der Waals surface area contributed by atoms with E-state index in [0.717, 1.165) is 32.6 Å². The highest BCUT2D eigenvalue weighted by atomic mass is 15.2. The second-order valence-electron chi connectivity index (χ2n) is 3.63. The summed E-state index contributed by atoms with van der Waals surface area (Å²) in [6.45, 7) is 8.73. The van der Waals surface area contributed by atoms with E-state index in [0.29, 0.717) is 6.04 Å². The molecule has 1 aliphatic rings. The summed E-state index contributed by atoms with van der Waals surface area (Å²) in [7, 11) is 0. The molecule has 1 fully saturated rings. The zero-order valence-corrected chi connectivity index (χ0v) is 8.77. The van der Waals surface area contributed by atoms with Crippen molar-refractivity contribution < 1.29 is 0 Å². The van der Waals surface area contributed by atoms with Gasteiger partial charge in [-0.2, -0.15) is 0 Å². The molecule has 1 saturated heterocycles. The third kappa shape index (κ3) is 3.80. The molecule has 0 aromatic rings. The zero-order chi connectivity index (χ0) is 9.52. The maximum absolute atomic E-state index is 3.38. The Morgan fingerprint density at radius 1 is 1.46 bits per heavy atom. The highest BCUT2D eigenvalue weighted by Gasteiger charge is 2.15. The number of hydrogen-bond donors (Lipinski definition) is 1. The van der Waals surface area contributed by atoms with Gasteiger partial charge in [-0.25, -0.2) is 0 Å². The van der Waals surface area contributed by atoms with Gasteiger partial charge in [-0.1, -0.05) is 12.8 Å². The SMILES string of the molecule is CCCC#CCN1CCNCC1C. The standard InChI is InChI=1S/C11H20N2/c1-3-4-5-6-8-13-9-7-12-10-11(13)2/h11-12H,3-4,7-10H2,1-2H3. The zero-order valence-electron chi connectivity index (χ0n) is 8.77. The first kappa shape index (κ1) is 10.6. The molecule has 0 aromatic heterocycles. The van der Waals surface area contributed by atoms with Crippen LogP contribution in [-0.4, -0.2) is 37.1 Å². The topological polar surface area (TPSA) is 15.3 Å². The average Bonchev–Trinajstić information content (AvgIpc) is 2.15. The molecular formula is C11H20N2. The molecule has 1 N–H and O–H groups in total. The number of piperazine rings is 1. The molecular weight excluding hydrogens is 160 g/mol. The molecule has 1 atom stereocenters. The lowest BCUT2D eigenvalue weighted by atomic mass is 10.2. The van der Waals surface area contributed by atoms with Crippen LogP contribution in [0.3, 0.4) is 0 Å². The summed E-state index contributed by atoms with van der Waals surface area (Å²) in [5.41, 5.74) is 0. The Kier molecular flexibility index (Phi) is 4.88. The van der Waals surface area contributed by atoms with E-state index in [9.17, 15) is 0 Å². The van der Waals surface area contributed by atoms with Crippen molar-refractivity contribution in [3.05, 3.63) is 0 Å². The van der Waals surface area contributed by atoms with Crippen molar-refractivity contribution in [3.63, 3.8) is 0 Å². The van der Waals surface area contributed by atoms with E-state index < -0.39 is 0 Å². The maximum atomic E-state index is 3.38. The van der Waals surface area contributed by atoms with Crippen LogP contribution >= 0.6 is 0 Å². The molecule has 74 valence electrons. The van der Waals surface area contributed by atoms with Gasteiger partial charge in [0.1, 0.15) is 0 Å². The minimum absolute atomic E-state index is 0.643. The molecule has 2 nitrogen and oxygen atoms in total. The third-order valence-electron chi connectivity index (χ3n) is 2.42. The smallest absolute Gasteiger partial charge is 0.0604 e. The number of rotatable bonds is 2. The van der Waals surface area contributed by atoms with Crippen LogP contribution in [0.5, 0.6) is 0 Å². The lowest BCUT2D eigenvalue weighted by Crippen LogP contribution is -2.49. The van der Waals surface area contributed by atoms with Crippen LogP contribution in [0.4, 0.5) is 0 Å². The quantitative estimate of drug-likeness (QED) is 0.640. The predicted molar refractivity (Wildman–Crippen MR) is 56.6 cm³/mol. The highest BCUT2D eigenvalue weighted by Crippen LogP contribution is 2.00. The van der Waals surface area contributed by atoms with E-state index in [-0.39, 0.29) is 0 Å². The van der Waals surface area contributed by atoms with Crippen molar-refractivity contribution in [1.29, 1.82) is 0 Å². The van der Waals surface area contributed by atoms with E-state index in [4.69, 9.17) is 0 Å². The number of unbranched alkanes of at least 4 members (excludes halogenated alkanes) is 1. The van der Waals surface area contributed by atoms with Crippen molar-refractivity contribution in [2.75, 3.05) is 26.2 Å². The summed E-state index contributed by atoms with van der Waals surface area (Å²) in [5.74, 6) is 6.43. The third-order valence-corrected chi connectivity index (χ3v) is 2.42. The van der Waals surface area contributed by atoms with E-state index in [1.165, 1.54) is 6.42 Å². The van der Waals surface area contributed by atoms with E-state index >= 15 is 0 Å². The highest BCUT2D eigenvalue weighted by molar-refractivity contribution is 5.02. The van der Waals surface area contributed by atoms with E-state index in [2.05, 4.69) is 35.9 Å². The summed E-state index contributed by atoms with van der Waals surface area (Å²) in [6.07, 6.45) is 2.21. The minimum Gasteiger partial charge on any atom is -0.314 e. The number of hydrogen-bond acceptors (Lipinski definition) is 2. The van der Waals surface area contributed by atoms with E-state index in [1.807, 2.05) is 0 Å². The van der Waals surface area contributed by atoms with Crippen LogP contribution in [0.2, 0.25) is 0 Å². The minimum atomic E-state index is 0.643. The molecule has 1 rings (SSSR count). The van der Waals surface area contributed by atoms with E-state index in [1.54, 1.807) is 0 Å². The fourth-order valence-corrected chi connectivity index (χ4v) is 1.49. The summed E-state index contributed by atoms with van der Waals surface area (Å²) in [6, 6.07) is 0.643. The van der Waals surface area contributed by atoms with Gasteiger partial charge in [0.2, 0.25) is 0 Å². The molecule has 0 bridgehead atoms. The Morgan fingerprint density at radius 3 is 3.00 bits per heavy atom. The molecule has 0 radical (unpaired) electrons. The Hall–Kier alpha value is -0.520. The van der Waals surface area contributed by atoms with Gasteiger partial charge in [0.15, 0.2) is 0 Å². The van der Waals surface area contributed by atoms with Crippen molar-refractivity contribution in [3.8, 4) is 11.8 Å². The van der Waals surface area contributed by atoms with Crippen molar-refractivity contribution >= 4 is 0 Å². The molecule has 1 unspecified atom stereocenters. The molecule has 13 heavy (non-hydrogen) atoms. The first-order chi connectivity index (χ1) is 6.34. The molecule has 1 heterocycles. The monoisotopic (exact) mass is 180 g/mol. The van der Waals surface area contributed by atoms with Gasteiger partial charge in [0.25, 0.3) is 0 Å². The molecule has 1 aliphatic heterocycles. The largest absolute Gasteiger partial charge is 0.314 e. The van der Waals surface area contributed by atoms with Gasteiger partial charge >= 0.3 is 0 Å². The van der Waals surface area contributed by atoms with Gasteiger partial charge in [0, 0.05) is 32.1 Å². The molecule has 0 spiro atoms. The predicted octanol–water partition coefficient (Wildman–Crippen LogP) is 1.08. The second-order valence-corrected chi connectivity index (χ2v) is 3.63. The summed E-state index contributed by atoms with van der Waals surface area (Å²) >= 11 is 0. The molecule has 0 aromatic carbocycles. The lowest BCUT2D eigenvalue weighted by Gasteiger charge is -2.32. The van der Waals surface area contributed by atoms with Gasteiger partial charge < -0.3 is 5.32 Å². The Labute approximate surface area is 81.7 Å². The Balaban J connectivity index is 2.23. The van der Waals surface area contributed by atoms with Crippen molar-refractivity contribution in [1.82, 2.24) is 10.2 Å². The van der Waals surface area contributed by atoms with Crippen LogP contribution < -0.4 is 5.32 Å². The number of nitrogens with one attached hydrogen (secondary N) is 1.